The fraction of sp³-hybridized carbons (Fsp3) is 0.368. The molecule has 0 saturated carbocycles. The quantitative estimate of drug-likeness (QED) is 0.733. The predicted octanol–water partition coefficient (Wildman–Crippen LogP) is 2.34. The number of hydrogen-bond acceptors (Lipinski definition) is 7. The van der Waals surface area contributed by atoms with Gasteiger partial charge in [-0.15, -0.1) is 0 Å². The van der Waals surface area contributed by atoms with Crippen molar-refractivity contribution in [1.29, 1.82) is 0 Å². The number of para-hydroxylation sites is 1. The van der Waals surface area contributed by atoms with Gasteiger partial charge in [0.2, 0.25) is 0 Å². The SMILES string of the molecule is COC(=O)c1nc(-c2ccccc2OC)ccc1OC[C@@H]1COCCO1. The molecule has 7 heteroatoms. The number of carbonyl (C=O) groups excluding carboxylic acids is 1. The van der Waals surface area contributed by atoms with E-state index in [-0.39, 0.29) is 18.4 Å². The van der Waals surface area contributed by atoms with Crippen molar-refractivity contribution in [3.63, 3.8) is 0 Å². The Hall–Kier alpha value is -2.64. The first-order valence-corrected chi connectivity index (χ1v) is 8.28. The molecule has 0 bridgehead atoms. The zero-order chi connectivity index (χ0) is 18.4. The number of benzene rings is 1. The number of aromatic nitrogens is 1. The van der Waals surface area contributed by atoms with Gasteiger partial charge in [-0.25, -0.2) is 9.78 Å². The van der Waals surface area contributed by atoms with Crippen LogP contribution in [0.4, 0.5) is 0 Å². The Kier molecular flexibility index (Phi) is 6.04. The molecule has 1 aromatic carbocycles. The molecular formula is C19H21NO6. The van der Waals surface area contributed by atoms with Gasteiger partial charge in [-0.2, -0.15) is 0 Å². The lowest BCUT2D eigenvalue weighted by Gasteiger charge is -2.23. The first kappa shape index (κ1) is 18.2. The predicted molar refractivity (Wildman–Crippen MR) is 93.6 cm³/mol. The van der Waals surface area contributed by atoms with Crippen LogP contribution in [0.25, 0.3) is 11.3 Å². The van der Waals surface area contributed by atoms with Crippen LogP contribution >= 0.6 is 0 Å². The van der Waals surface area contributed by atoms with Crippen molar-refractivity contribution < 1.29 is 28.5 Å². The molecule has 0 unspecified atom stereocenters. The van der Waals surface area contributed by atoms with Crippen molar-refractivity contribution in [2.75, 3.05) is 40.6 Å². The van der Waals surface area contributed by atoms with Crippen molar-refractivity contribution in [3.05, 3.63) is 42.1 Å². The van der Waals surface area contributed by atoms with Crippen LogP contribution in [0.5, 0.6) is 11.5 Å². The summed E-state index contributed by atoms with van der Waals surface area (Å²) in [4.78, 5) is 16.6. The largest absolute Gasteiger partial charge is 0.496 e. The highest BCUT2D eigenvalue weighted by atomic mass is 16.6. The van der Waals surface area contributed by atoms with E-state index in [1.54, 1.807) is 19.2 Å². The maximum Gasteiger partial charge on any atom is 0.360 e. The molecule has 0 spiro atoms. The highest BCUT2D eigenvalue weighted by Crippen LogP contribution is 2.30. The first-order valence-electron chi connectivity index (χ1n) is 8.28. The highest BCUT2D eigenvalue weighted by Gasteiger charge is 2.21. The number of nitrogens with zero attached hydrogens (tertiary/aromatic N) is 1. The van der Waals surface area contributed by atoms with Crippen molar-refractivity contribution in [2.45, 2.75) is 6.10 Å². The number of rotatable bonds is 6. The second-order valence-corrected chi connectivity index (χ2v) is 5.61. The van der Waals surface area contributed by atoms with Gasteiger partial charge in [0.15, 0.2) is 11.4 Å². The summed E-state index contributed by atoms with van der Waals surface area (Å²) in [7, 11) is 2.89. The van der Waals surface area contributed by atoms with Gasteiger partial charge in [0.1, 0.15) is 18.5 Å². The Morgan fingerprint density at radius 1 is 1.15 bits per heavy atom. The number of carbonyl (C=O) groups is 1. The molecule has 0 N–H and O–H groups in total. The summed E-state index contributed by atoms with van der Waals surface area (Å²) in [6, 6.07) is 10.9. The zero-order valence-electron chi connectivity index (χ0n) is 14.8. The lowest BCUT2D eigenvalue weighted by molar-refractivity contribution is -0.101. The van der Waals surface area contributed by atoms with Crippen LogP contribution in [-0.4, -0.2) is 57.7 Å². The number of hydrogen-bond donors (Lipinski definition) is 0. The van der Waals surface area contributed by atoms with E-state index in [0.29, 0.717) is 37.0 Å². The van der Waals surface area contributed by atoms with Gasteiger partial charge >= 0.3 is 5.97 Å². The highest BCUT2D eigenvalue weighted by molar-refractivity contribution is 5.91. The molecule has 0 amide bonds. The summed E-state index contributed by atoms with van der Waals surface area (Å²) >= 11 is 0. The van der Waals surface area contributed by atoms with E-state index in [0.717, 1.165) is 5.56 Å². The van der Waals surface area contributed by atoms with Crippen LogP contribution in [0, 0.1) is 0 Å². The van der Waals surface area contributed by atoms with E-state index < -0.39 is 5.97 Å². The zero-order valence-corrected chi connectivity index (χ0v) is 14.8. The second kappa shape index (κ2) is 8.64. The van der Waals surface area contributed by atoms with Crippen molar-refractivity contribution >= 4 is 5.97 Å². The molecule has 0 radical (unpaired) electrons. The number of methoxy groups -OCH3 is 2. The van der Waals surface area contributed by atoms with Crippen LogP contribution in [0.1, 0.15) is 10.5 Å². The molecule has 1 saturated heterocycles. The number of pyridine rings is 1. The lowest BCUT2D eigenvalue weighted by atomic mass is 10.1. The lowest BCUT2D eigenvalue weighted by Crippen LogP contribution is -2.33. The minimum absolute atomic E-state index is 0.104. The molecule has 1 fully saturated rings. The smallest absolute Gasteiger partial charge is 0.360 e. The van der Waals surface area contributed by atoms with Crippen LogP contribution in [0.15, 0.2) is 36.4 Å². The molecule has 0 aliphatic carbocycles. The molecular weight excluding hydrogens is 338 g/mol. The average molecular weight is 359 g/mol. The van der Waals surface area contributed by atoms with E-state index in [1.165, 1.54) is 7.11 Å². The molecule has 2 aromatic rings. The van der Waals surface area contributed by atoms with Crippen LogP contribution in [-0.2, 0) is 14.2 Å². The van der Waals surface area contributed by atoms with E-state index in [1.807, 2.05) is 24.3 Å². The molecule has 26 heavy (non-hydrogen) atoms. The third-order valence-electron chi connectivity index (χ3n) is 3.93. The molecule has 1 aliphatic rings. The van der Waals surface area contributed by atoms with Gasteiger partial charge in [-0.3, -0.25) is 0 Å². The number of esters is 1. The summed E-state index contributed by atoms with van der Waals surface area (Å²) in [6.45, 7) is 1.84. The van der Waals surface area contributed by atoms with Crippen LogP contribution in [0.2, 0.25) is 0 Å². The van der Waals surface area contributed by atoms with E-state index >= 15 is 0 Å². The van der Waals surface area contributed by atoms with Crippen molar-refractivity contribution in [1.82, 2.24) is 4.98 Å². The fourth-order valence-electron chi connectivity index (χ4n) is 2.63. The molecule has 138 valence electrons. The Bertz CT molecular complexity index is 757. The molecule has 3 rings (SSSR count). The summed E-state index contributed by atoms with van der Waals surface area (Å²) in [6.07, 6.45) is -0.178. The number of ether oxygens (including phenoxy) is 5. The summed E-state index contributed by atoms with van der Waals surface area (Å²) in [5.74, 6) is 0.430. The third kappa shape index (κ3) is 4.12. The Balaban J connectivity index is 1.86. The van der Waals surface area contributed by atoms with Crippen molar-refractivity contribution in [2.24, 2.45) is 0 Å². The molecule has 1 atom stereocenters. The van der Waals surface area contributed by atoms with E-state index in [4.69, 9.17) is 23.7 Å². The summed E-state index contributed by atoms with van der Waals surface area (Å²) in [5, 5.41) is 0. The Labute approximate surface area is 151 Å². The van der Waals surface area contributed by atoms with Gasteiger partial charge in [-0.1, -0.05) is 12.1 Å². The standard InChI is InChI=1S/C19H21NO6/c1-22-16-6-4-3-5-14(16)15-7-8-17(18(20-15)19(21)23-2)26-12-13-11-24-9-10-25-13/h3-8,13H,9-12H2,1-2H3/t13-/m0/s1. The van der Waals surface area contributed by atoms with Crippen molar-refractivity contribution in [3.8, 4) is 22.8 Å². The first-order chi connectivity index (χ1) is 12.7. The van der Waals surface area contributed by atoms with Gasteiger partial charge in [-0.05, 0) is 24.3 Å². The van der Waals surface area contributed by atoms with Crippen LogP contribution in [0.3, 0.4) is 0 Å². The Morgan fingerprint density at radius 2 is 2.00 bits per heavy atom. The second-order valence-electron chi connectivity index (χ2n) is 5.61. The van der Waals surface area contributed by atoms with Gasteiger partial charge in [0.25, 0.3) is 0 Å². The van der Waals surface area contributed by atoms with Gasteiger partial charge in [0.05, 0.1) is 39.7 Å². The maximum absolute atomic E-state index is 12.2. The monoisotopic (exact) mass is 359 g/mol. The minimum Gasteiger partial charge on any atom is -0.496 e. The normalized spacial score (nSPS) is 16.8. The van der Waals surface area contributed by atoms with Crippen LogP contribution < -0.4 is 9.47 Å². The fourth-order valence-corrected chi connectivity index (χ4v) is 2.63. The van der Waals surface area contributed by atoms with E-state index in [9.17, 15) is 4.79 Å². The van der Waals surface area contributed by atoms with Gasteiger partial charge in [0, 0.05) is 5.56 Å². The molecule has 2 heterocycles. The minimum atomic E-state index is -0.572. The third-order valence-corrected chi connectivity index (χ3v) is 3.93. The molecule has 7 nitrogen and oxygen atoms in total. The molecule has 1 aromatic heterocycles. The molecule has 1 aliphatic heterocycles. The summed E-state index contributed by atoms with van der Waals surface area (Å²) in [5.41, 5.74) is 1.47. The summed E-state index contributed by atoms with van der Waals surface area (Å²) < 4.78 is 26.9. The average Bonchev–Trinajstić information content (AvgIpc) is 2.72. The van der Waals surface area contributed by atoms with Gasteiger partial charge < -0.3 is 23.7 Å². The van der Waals surface area contributed by atoms with E-state index in [2.05, 4.69) is 4.98 Å². The Morgan fingerprint density at radius 3 is 2.73 bits per heavy atom. The maximum atomic E-state index is 12.2. The topological polar surface area (TPSA) is 76.1 Å².